The number of aliphatic hydroxyl groups excluding tert-OH is 1. The van der Waals surface area contributed by atoms with Crippen molar-refractivity contribution in [3.05, 3.63) is 59.7 Å². The molecule has 0 atom stereocenters. The molecule has 2 rings (SSSR count). The zero-order chi connectivity index (χ0) is 15.1. The van der Waals surface area contributed by atoms with Gasteiger partial charge in [-0.15, -0.1) is 0 Å². The second-order valence-corrected chi connectivity index (χ2v) is 4.77. The molecule has 2 aromatic rings. The average molecular weight is 285 g/mol. The van der Waals surface area contributed by atoms with Gasteiger partial charge in [0.15, 0.2) is 6.61 Å². The van der Waals surface area contributed by atoms with Crippen molar-refractivity contribution in [1.82, 2.24) is 0 Å². The molecule has 4 heteroatoms. The van der Waals surface area contributed by atoms with Crippen molar-refractivity contribution in [3.63, 3.8) is 0 Å². The summed E-state index contributed by atoms with van der Waals surface area (Å²) in [6.45, 7) is 2.03. The van der Waals surface area contributed by atoms with Crippen LogP contribution in [0.5, 0.6) is 5.75 Å². The maximum absolute atomic E-state index is 11.8. The predicted octanol–water partition coefficient (Wildman–Crippen LogP) is 2.55. The first-order valence-corrected chi connectivity index (χ1v) is 6.87. The van der Waals surface area contributed by atoms with Gasteiger partial charge in [0, 0.05) is 12.3 Å². The van der Waals surface area contributed by atoms with E-state index in [-0.39, 0.29) is 19.1 Å². The highest BCUT2D eigenvalue weighted by atomic mass is 16.5. The number of rotatable bonds is 6. The number of nitrogens with one attached hydrogen (secondary N) is 1. The van der Waals surface area contributed by atoms with Crippen molar-refractivity contribution in [1.29, 1.82) is 0 Å². The van der Waals surface area contributed by atoms with Crippen molar-refractivity contribution in [2.45, 2.75) is 13.3 Å². The fourth-order valence-electron chi connectivity index (χ4n) is 1.94. The number of aryl methyl sites for hydroxylation is 1. The minimum Gasteiger partial charge on any atom is -0.483 e. The Morgan fingerprint density at radius 3 is 2.52 bits per heavy atom. The number of benzene rings is 2. The number of carbonyl (C=O) groups excluding carboxylic acids is 1. The first-order chi connectivity index (χ1) is 10.2. The molecular weight excluding hydrogens is 266 g/mol. The molecule has 0 unspecified atom stereocenters. The van der Waals surface area contributed by atoms with E-state index in [2.05, 4.69) is 5.32 Å². The van der Waals surface area contributed by atoms with Crippen LogP contribution in [0.15, 0.2) is 48.5 Å². The number of anilines is 1. The van der Waals surface area contributed by atoms with Gasteiger partial charge in [-0.1, -0.05) is 30.3 Å². The third-order valence-electron chi connectivity index (χ3n) is 3.09. The summed E-state index contributed by atoms with van der Waals surface area (Å²) in [7, 11) is 0. The molecule has 0 aromatic heterocycles. The quantitative estimate of drug-likeness (QED) is 0.857. The van der Waals surface area contributed by atoms with Crippen molar-refractivity contribution in [2.75, 3.05) is 18.5 Å². The molecule has 0 aliphatic heterocycles. The van der Waals surface area contributed by atoms with E-state index in [9.17, 15) is 4.79 Å². The lowest BCUT2D eigenvalue weighted by Crippen LogP contribution is -2.20. The number of carbonyl (C=O) groups is 1. The molecule has 0 aliphatic carbocycles. The lowest BCUT2D eigenvalue weighted by molar-refractivity contribution is -0.118. The zero-order valence-corrected chi connectivity index (χ0v) is 12.0. The minimum absolute atomic E-state index is 0.0246. The summed E-state index contributed by atoms with van der Waals surface area (Å²) in [5.41, 5.74) is 2.75. The third-order valence-corrected chi connectivity index (χ3v) is 3.09. The van der Waals surface area contributed by atoms with Gasteiger partial charge in [-0.2, -0.15) is 0 Å². The number of para-hydroxylation sites is 1. The fourth-order valence-corrected chi connectivity index (χ4v) is 1.94. The van der Waals surface area contributed by atoms with Crippen molar-refractivity contribution < 1.29 is 14.6 Å². The molecule has 0 saturated carbocycles. The minimum atomic E-state index is -0.201. The Labute approximate surface area is 124 Å². The maximum Gasteiger partial charge on any atom is 0.262 e. The smallest absolute Gasteiger partial charge is 0.262 e. The highest BCUT2D eigenvalue weighted by Crippen LogP contribution is 2.16. The van der Waals surface area contributed by atoms with Gasteiger partial charge in [-0.25, -0.2) is 0 Å². The van der Waals surface area contributed by atoms with Gasteiger partial charge < -0.3 is 15.2 Å². The van der Waals surface area contributed by atoms with Crippen molar-refractivity contribution >= 4 is 11.6 Å². The first-order valence-electron chi connectivity index (χ1n) is 6.87. The van der Waals surface area contributed by atoms with Gasteiger partial charge in [-0.05, 0) is 42.7 Å². The van der Waals surface area contributed by atoms with Crippen molar-refractivity contribution in [3.8, 4) is 5.75 Å². The molecule has 4 nitrogen and oxygen atoms in total. The van der Waals surface area contributed by atoms with E-state index in [1.54, 1.807) is 0 Å². The molecular formula is C17H19NO3. The van der Waals surface area contributed by atoms with Crippen LogP contribution in [0.1, 0.15) is 11.1 Å². The topological polar surface area (TPSA) is 58.6 Å². The first kappa shape index (κ1) is 15.1. The van der Waals surface area contributed by atoms with Crippen LogP contribution in [0.4, 0.5) is 5.69 Å². The molecule has 0 aliphatic rings. The lowest BCUT2D eigenvalue weighted by Gasteiger charge is -2.09. The monoisotopic (exact) mass is 285 g/mol. The second-order valence-electron chi connectivity index (χ2n) is 4.77. The summed E-state index contributed by atoms with van der Waals surface area (Å²) >= 11 is 0. The molecule has 0 saturated heterocycles. The van der Waals surface area contributed by atoms with Gasteiger partial charge in [-0.3, -0.25) is 4.79 Å². The summed E-state index contributed by atoms with van der Waals surface area (Å²) in [6, 6.07) is 15.0. The molecule has 0 fully saturated rings. The Balaban J connectivity index is 1.85. The summed E-state index contributed by atoms with van der Waals surface area (Å²) < 4.78 is 5.49. The molecule has 110 valence electrons. The maximum atomic E-state index is 11.8. The lowest BCUT2D eigenvalue weighted by atomic mass is 10.1. The van der Waals surface area contributed by atoms with Crippen LogP contribution in [-0.2, 0) is 11.2 Å². The van der Waals surface area contributed by atoms with Crippen LogP contribution in [0, 0.1) is 6.92 Å². The summed E-state index contributed by atoms with van der Waals surface area (Å²) in [6.07, 6.45) is 0.616. The number of hydrogen-bond acceptors (Lipinski definition) is 3. The molecule has 2 aromatic carbocycles. The van der Waals surface area contributed by atoms with Gasteiger partial charge in [0.25, 0.3) is 5.91 Å². The van der Waals surface area contributed by atoms with E-state index < -0.39 is 0 Å². The molecule has 2 N–H and O–H groups in total. The Kier molecular flexibility index (Phi) is 5.35. The summed E-state index contributed by atoms with van der Waals surface area (Å²) in [5, 5.41) is 11.6. The van der Waals surface area contributed by atoms with E-state index in [1.165, 1.54) is 0 Å². The van der Waals surface area contributed by atoms with E-state index >= 15 is 0 Å². The van der Waals surface area contributed by atoms with E-state index in [1.807, 2.05) is 55.5 Å². The molecule has 0 heterocycles. The predicted molar refractivity (Wildman–Crippen MR) is 82.5 cm³/mol. The van der Waals surface area contributed by atoms with E-state index in [0.717, 1.165) is 16.8 Å². The normalized spacial score (nSPS) is 10.2. The van der Waals surface area contributed by atoms with Crippen LogP contribution in [0.2, 0.25) is 0 Å². The Morgan fingerprint density at radius 2 is 1.86 bits per heavy atom. The number of amides is 1. The molecule has 1 amide bonds. The summed E-state index contributed by atoms with van der Waals surface area (Å²) in [5.74, 6) is 0.513. The Bertz CT molecular complexity index is 593. The van der Waals surface area contributed by atoms with Crippen LogP contribution >= 0.6 is 0 Å². The van der Waals surface area contributed by atoms with E-state index in [4.69, 9.17) is 9.84 Å². The van der Waals surface area contributed by atoms with Crippen LogP contribution in [-0.4, -0.2) is 24.2 Å². The molecule has 0 radical (unpaired) electrons. The fraction of sp³-hybridized carbons (Fsp3) is 0.235. The molecule has 0 bridgehead atoms. The largest absolute Gasteiger partial charge is 0.483 e. The van der Waals surface area contributed by atoms with Gasteiger partial charge in [0.2, 0.25) is 0 Å². The third kappa shape index (κ3) is 4.61. The van der Waals surface area contributed by atoms with Crippen LogP contribution in [0.25, 0.3) is 0 Å². The van der Waals surface area contributed by atoms with Gasteiger partial charge in [0.1, 0.15) is 5.75 Å². The SMILES string of the molecule is Cc1ccccc1OCC(=O)Nc1ccc(CCO)cc1. The molecule has 21 heavy (non-hydrogen) atoms. The van der Waals surface area contributed by atoms with Crippen molar-refractivity contribution in [2.24, 2.45) is 0 Å². The summed E-state index contributed by atoms with van der Waals surface area (Å²) in [4.78, 5) is 11.8. The van der Waals surface area contributed by atoms with Gasteiger partial charge >= 0.3 is 0 Å². The standard InChI is InChI=1S/C17H19NO3/c1-13-4-2-3-5-16(13)21-12-17(20)18-15-8-6-14(7-9-15)10-11-19/h2-9,19H,10-12H2,1H3,(H,18,20). The number of aliphatic hydroxyl groups is 1. The average Bonchev–Trinajstić information content (AvgIpc) is 2.49. The Hall–Kier alpha value is -2.33. The number of hydrogen-bond donors (Lipinski definition) is 2. The second kappa shape index (κ2) is 7.45. The Morgan fingerprint density at radius 1 is 1.14 bits per heavy atom. The molecule has 0 spiro atoms. The van der Waals surface area contributed by atoms with Crippen LogP contribution < -0.4 is 10.1 Å². The van der Waals surface area contributed by atoms with Crippen LogP contribution in [0.3, 0.4) is 0 Å². The zero-order valence-electron chi connectivity index (χ0n) is 12.0. The highest BCUT2D eigenvalue weighted by Gasteiger charge is 2.05. The van der Waals surface area contributed by atoms with Gasteiger partial charge in [0.05, 0.1) is 0 Å². The number of ether oxygens (including phenoxy) is 1. The van der Waals surface area contributed by atoms with E-state index in [0.29, 0.717) is 12.2 Å². The highest BCUT2D eigenvalue weighted by molar-refractivity contribution is 5.91.